The Hall–Kier alpha value is -1.44. The summed E-state index contributed by atoms with van der Waals surface area (Å²) >= 11 is 0. The highest BCUT2D eigenvalue weighted by atomic mass is 16.5. The molecular formula is C10H14N2O5. The molecule has 0 saturated carbocycles. The van der Waals surface area contributed by atoms with Crippen LogP contribution in [0, 0.1) is 6.92 Å². The van der Waals surface area contributed by atoms with Gasteiger partial charge in [-0.1, -0.05) is 0 Å². The first-order valence-corrected chi connectivity index (χ1v) is 5.29. The Kier molecular flexibility index (Phi) is 3.14. The van der Waals surface area contributed by atoms with E-state index in [9.17, 15) is 14.7 Å². The largest absolute Gasteiger partial charge is 0.394 e. The number of nitrogens with zero attached hydrogens (tertiary/aromatic N) is 1. The molecule has 1 aliphatic heterocycles. The zero-order valence-corrected chi connectivity index (χ0v) is 9.29. The summed E-state index contributed by atoms with van der Waals surface area (Å²) < 4.78 is 6.54. The number of nitrogens with one attached hydrogen (secondary N) is 1. The predicted octanol–water partition coefficient (Wildman–Crippen LogP) is -1.51. The molecule has 0 spiro atoms. The lowest BCUT2D eigenvalue weighted by Gasteiger charge is -2.14. The van der Waals surface area contributed by atoms with Crippen LogP contribution >= 0.6 is 0 Å². The normalized spacial score (nSPS) is 28.5. The van der Waals surface area contributed by atoms with Gasteiger partial charge in [0.05, 0.1) is 12.7 Å². The van der Waals surface area contributed by atoms with Crippen molar-refractivity contribution >= 4 is 0 Å². The molecule has 0 aromatic carbocycles. The van der Waals surface area contributed by atoms with Crippen molar-refractivity contribution in [1.82, 2.24) is 9.55 Å². The Labute approximate surface area is 96.3 Å². The van der Waals surface area contributed by atoms with Crippen molar-refractivity contribution in [2.24, 2.45) is 0 Å². The third-order valence-electron chi connectivity index (χ3n) is 2.84. The van der Waals surface area contributed by atoms with E-state index in [1.807, 2.05) is 0 Å². The Morgan fingerprint density at radius 3 is 2.88 bits per heavy atom. The number of hydrogen-bond acceptors (Lipinski definition) is 5. The van der Waals surface area contributed by atoms with Crippen molar-refractivity contribution in [2.45, 2.75) is 31.8 Å². The molecule has 1 saturated heterocycles. The fourth-order valence-electron chi connectivity index (χ4n) is 1.85. The van der Waals surface area contributed by atoms with Gasteiger partial charge < -0.3 is 14.9 Å². The van der Waals surface area contributed by atoms with Crippen LogP contribution in [0.25, 0.3) is 0 Å². The van der Waals surface area contributed by atoms with Crippen LogP contribution in [-0.4, -0.2) is 38.6 Å². The third-order valence-corrected chi connectivity index (χ3v) is 2.84. The van der Waals surface area contributed by atoms with E-state index in [1.54, 1.807) is 6.92 Å². The SMILES string of the molecule is [14CH3]c1cn([C@H]2C[C@H](O)[C@@H](CO)O2)c(=O)[nH]c1=O. The summed E-state index contributed by atoms with van der Waals surface area (Å²) in [6.07, 6.45) is -0.581. The molecule has 3 N–H and O–H groups in total. The fourth-order valence-corrected chi connectivity index (χ4v) is 1.85. The summed E-state index contributed by atoms with van der Waals surface area (Å²) in [5.74, 6) is 0. The number of aliphatic hydroxyl groups excluding tert-OH is 2. The number of hydrogen-bond donors (Lipinski definition) is 3. The molecule has 1 aromatic heterocycles. The summed E-state index contributed by atoms with van der Waals surface area (Å²) in [7, 11) is 0. The maximum absolute atomic E-state index is 11.6. The lowest BCUT2D eigenvalue weighted by Crippen LogP contribution is -2.33. The Bertz CT molecular complexity index is 520. The topological polar surface area (TPSA) is 105 Å². The quantitative estimate of drug-likeness (QED) is 0.586. The number of ether oxygens (including phenoxy) is 1. The molecule has 1 aromatic rings. The maximum Gasteiger partial charge on any atom is 0.330 e. The first kappa shape index (κ1) is 12.0. The lowest BCUT2D eigenvalue weighted by atomic mass is 10.2. The van der Waals surface area contributed by atoms with Gasteiger partial charge in [0.1, 0.15) is 12.3 Å². The van der Waals surface area contributed by atoms with Gasteiger partial charge in [-0.05, 0) is 6.92 Å². The zero-order chi connectivity index (χ0) is 12.6. The Morgan fingerprint density at radius 2 is 2.29 bits per heavy atom. The maximum atomic E-state index is 11.6. The minimum absolute atomic E-state index is 0.205. The van der Waals surface area contributed by atoms with E-state index in [-0.39, 0.29) is 13.0 Å². The van der Waals surface area contributed by atoms with Gasteiger partial charge in [-0.2, -0.15) is 0 Å². The van der Waals surface area contributed by atoms with Crippen LogP contribution in [0.15, 0.2) is 15.8 Å². The fraction of sp³-hybridized carbons (Fsp3) is 0.600. The summed E-state index contributed by atoms with van der Waals surface area (Å²) in [5, 5.41) is 18.5. The average molecular weight is 244 g/mol. The van der Waals surface area contributed by atoms with E-state index in [4.69, 9.17) is 9.84 Å². The standard InChI is InChI=1S/C10H14N2O5/c1-5-3-12(10(16)11-9(5)15)8-2-6(14)7(4-13)17-8/h3,6-8,13-14H,2,4H2,1H3,(H,11,15,16)/t6-,7+,8+/m0/s1/i1+2. The van der Waals surface area contributed by atoms with Crippen LogP contribution in [-0.2, 0) is 4.74 Å². The van der Waals surface area contributed by atoms with Crippen LogP contribution < -0.4 is 11.2 Å². The molecular weight excluding hydrogens is 230 g/mol. The predicted molar refractivity (Wildman–Crippen MR) is 57.7 cm³/mol. The van der Waals surface area contributed by atoms with Crippen molar-refractivity contribution in [2.75, 3.05) is 6.61 Å². The number of aryl methyl sites for hydroxylation is 1. The van der Waals surface area contributed by atoms with E-state index in [0.717, 1.165) is 0 Å². The monoisotopic (exact) mass is 244 g/mol. The van der Waals surface area contributed by atoms with Gasteiger partial charge in [0.2, 0.25) is 0 Å². The van der Waals surface area contributed by atoms with Gasteiger partial charge in [-0.25, -0.2) is 4.79 Å². The van der Waals surface area contributed by atoms with E-state index >= 15 is 0 Å². The lowest BCUT2D eigenvalue weighted by molar-refractivity contribution is -0.0459. The summed E-state index contributed by atoms with van der Waals surface area (Å²) in [6, 6.07) is 0. The van der Waals surface area contributed by atoms with Crippen molar-refractivity contribution in [3.8, 4) is 0 Å². The van der Waals surface area contributed by atoms with Crippen molar-refractivity contribution in [1.29, 1.82) is 0 Å². The van der Waals surface area contributed by atoms with E-state index < -0.39 is 29.7 Å². The second kappa shape index (κ2) is 4.44. The molecule has 7 nitrogen and oxygen atoms in total. The first-order valence-electron chi connectivity index (χ1n) is 5.29. The van der Waals surface area contributed by atoms with Crippen molar-refractivity contribution in [3.63, 3.8) is 0 Å². The van der Waals surface area contributed by atoms with Gasteiger partial charge in [-0.3, -0.25) is 14.3 Å². The molecule has 2 rings (SSSR count). The molecule has 1 fully saturated rings. The minimum Gasteiger partial charge on any atom is -0.394 e. The molecule has 0 aliphatic carbocycles. The van der Waals surface area contributed by atoms with E-state index in [0.29, 0.717) is 5.56 Å². The Balaban J connectivity index is 2.34. The van der Waals surface area contributed by atoms with Gasteiger partial charge in [0, 0.05) is 18.2 Å². The number of aromatic amines is 1. The summed E-state index contributed by atoms with van der Waals surface area (Å²) in [4.78, 5) is 24.9. The molecule has 1 aliphatic rings. The van der Waals surface area contributed by atoms with Crippen LogP contribution in [0.2, 0.25) is 0 Å². The minimum atomic E-state index is -0.816. The van der Waals surface area contributed by atoms with Gasteiger partial charge in [0.15, 0.2) is 0 Å². The molecule has 2 heterocycles. The molecule has 0 bridgehead atoms. The molecule has 0 radical (unpaired) electrons. The third kappa shape index (κ3) is 2.17. The smallest absolute Gasteiger partial charge is 0.330 e. The van der Waals surface area contributed by atoms with Gasteiger partial charge >= 0.3 is 5.69 Å². The van der Waals surface area contributed by atoms with Crippen LogP contribution in [0.1, 0.15) is 18.2 Å². The number of aliphatic hydroxyl groups is 2. The first-order chi connectivity index (χ1) is 8.02. The average Bonchev–Trinajstić information content (AvgIpc) is 2.65. The highest BCUT2D eigenvalue weighted by molar-refractivity contribution is 5.02. The highest BCUT2D eigenvalue weighted by Gasteiger charge is 2.34. The Morgan fingerprint density at radius 1 is 1.59 bits per heavy atom. The summed E-state index contributed by atoms with van der Waals surface area (Å²) in [6.45, 7) is 1.26. The molecule has 94 valence electrons. The highest BCUT2D eigenvalue weighted by Crippen LogP contribution is 2.27. The van der Waals surface area contributed by atoms with Gasteiger partial charge in [0.25, 0.3) is 5.56 Å². The van der Waals surface area contributed by atoms with E-state index in [2.05, 4.69) is 4.98 Å². The molecule has 7 heteroatoms. The number of rotatable bonds is 2. The molecule has 0 amide bonds. The second-order valence-electron chi connectivity index (χ2n) is 4.09. The van der Waals surface area contributed by atoms with Gasteiger partial charge in [-0.15, -0.1) is 0 Å². The van der Waals surface area contributed by atoms with Crippen LogP contribution in [0.3, 0.4) is 0 Å². The molecule has 3 atom stereocenters. The second-order valence-corrected chi connectivity index (χ2v) is 4.09. The van der Waals surface area contributed by atoms with Crippen LogP contribution in [0.5, 0.6) is 0 Å². The van der Waals surface area contributed by atoms with Crippen molar-refractivity contribution < 1.29 is 14.9 Å². The van der Waals surface area contributed by atoms with Crippen LogP contribution in [0.4, 0.5) is 0 Å². The number of H-pyrrole nitrogens is 1. The van der Waals surface area contributed by atoms with E-state index in [1.165, 1.54) is 10.8 Å². The molecule has 0 unspecified atom stereocenters. The summed E-state index contributed by atoms with van der Waals surface area (Å²) in [5.41, 5.74) is -0.643. The van der Waals surface area contributed by atoms with Crippen molar-refractivity contribution in [3.05, 3.63) is 32.6 Å². The zero-order valence-electron chi connectivity index (χ0n) is 9.29. The number of aromatic nitrogens is 2. The molecule has 17 heavy (non-hydrogen) atoms.